The maximum atomic E-state index is 3.94. The van der Waals surface area contributed by atoms with E-state index in [4.69, 9.17) is 0 Å². The first kappa shape index (κ1) is 15.5. The number of hydrogen-bond donors (Lipinski definition) is 0. The monoisotopic (exact) mass is 326 g/mol. The summed E-state index contributed by atoms with van der Waals surface area (Å²) in [5, 5.41) is 0. The summed E-state index contributed by atoms with van der Waals surface area (Å²) in [5.74, 6) is 0. The fourth-order valence-corrected chi connectivity index (χ4v) is 3.68. The average molecular weight is 326 g/mol. The SMILES string of the molecule is C=Cc1cc(C)c(N2c3ccccc3N(C)c3ccccc32)cc1C. The molecule has 3 aromatic carbocycles. The molecule has 0 bridgehead atoms. The minimum absolute atomic E-state index is 1.19. The summed E-state index contributed by atoms with van der Waals surface area (Å²) in [6.45, 7) is 8.26. The van der Waals surface area contributed by atoms with Crippen LogP contribution in [-0.2, 0) is 0 Å². The van der Waals surface area contributed by atoms with Crippen molar-refractivity contribution in [2.24, 2.45) is 0 Å². The summed E-state index contributed by atoms with van der Waals surface area (Å²) < 4.78 is 0. The molecule has 0 spiro atoms. The van der Waals surface area contributed by atoms with Gasteiger partial charge in [0, 0.05) is 12.7 Å². The molecule has 0 saturated heterocycles. The van der Waals surface area contributed by atoms with Gasteiger partial charge in [0.1, 0.15) is 0 Å². The van der Waals surface area contributed by atoms with Crippen molar-refractivity contribution in [2.75, 3.05) is 16.8 Å². The first-order valence-corrected chi connectivity index (χ1v) is 8.57. The first-order valence-electron chi connectivity index (χ1n) is 8.57. The Bertz CT molecular complexity index is 924. The van der Waals surface area contributed by atoms with Gasteiger partial charge in [-0.2, -0.15) is 0 Å². The number of fused-ring (bicyclic) bond motifs is 2. The normalized spacial score (nSPS) is 12.6. The van der Waals surface area contributed by atoms with Crippen molar-refractivity contribution in [3.05, 3.63) is 83.9 Å². The van der Waals surface area contributed by atoms with Gasteiger partial charge in [-0.05, 0) is 66.9 Å². The predicted molar refractivity (Wildman–Crippen MR) is 109 cm³/mol. The van der Waals surface area contributed by atoms with Gasteiger partial charge in [0.15, 0.2) is 0 Å². The zero-order valence-corrected chi connectivity index (χ0v) is 15.0. The maximum Gasteiger partial charge on any atom is 0.0699 e. The Balaban J connectivity index is 2.01. The largest absolute Gasteiger partial charge is 0.341 e. The lowest BCUT2D eigenvalue weighted by Gasteiger charge is -2.39. The summed E-state index contributed by atoms with van der Waals surface area (Å²) in [7, 11) is 2.13. The van der Waals surface area contributed by atoms with E-state index in [1.165, 1.54) is 45.1 Å². The van der Waals surface area contributed by atoms with Gasteiger partial charge < -0.3 is 9.80 Å². The van der Waals surface area contributed by atoms with Gasteiger partial charge in [0.2, 0.25) is 0 Å². The molecule has 0 aliphatic carbocycles. The highest BCUT2D eigenvalue weighted by molar-refractivity contribution is 5.98. The van der Waals surface area contributed by atoms with Gasteiger partial charge in [-0.3, -0.25) is 0 Å². The highest BCUT2D eigenvalue weighted by atomic mass is 15.3. The van der Waals surface area contributed by atoms with Crippen molar-refractivity contribution in [1.29, 1.82) is 0 Å². The number of anilines is 5. The molecule has 2 nitrogen and oxygen atoms in total. The Hall–Kier alpha value is -3.00. The van der Waals surface area contributed by atoms with Crippen LogP contribution in [0.3, 0.4) is 0 Å². The van der Waals surface area contributed by atoms with Crippen molar-refractivity contribution in [2.45, 2.75) is 13.8 Å². The van der Waals surface area contributed by atoms with Crippen LogP contribution in [0.1, 0.15) is 16.7 Å². The van der Waals surface area contributed by atoms with Crippen LogP contribution in [0.5, 0.6) is 0 Å². The Morgan fingerprint density at radius 3 is 1.76 bits per heavy atom. The molecule has 0 fully saturated rings. The zero-order chi connectivity index (χ0) is 17.6. The quantitative estimate of drug-likeness (QED) is 0.530. The van der Waals surface area contributed by atoms with Crippen molar-refractivity contribution in [3.8, 4) is 0 Å². The standard InChI is InChI=1S/C23H22N2/c1-5-18-14-17(3)23(15-16(18)2)25-21-12-8-6-10-19(21)24(4)20-11-7-9-13-22(20)25/h5-15H,1H2,2-4H3. The van der Waals surface area contributed by atoms with Crippen LogP contribution in [0.4, 0.5) is 28.4 Å². The Kier molecular flexibility index (Phi) is 3.61. The second-order valence-corrected chi connectivity index (χ2v) is 6.57. The van der Waals surface area contributed by atoms with Crippen molar-refractivity contribution in [3.63, 3.8) is 0 Å². The molecular formula is C23H22N2. The highest BCUT2D eigenvalue weighted by Gasteiger charge is 2.27. The van der Waals surface area contributed by atoms with E-state index in [0.717, 1.165) is 0 Å². The van der Waals surface area contributed by atoms with Crippen LogP contribution >= 0.6 is 0 Å². The molecule has 1 heterocycles. The van der Waals surface area contributed by atoms with Crippen LogP contribution < -0.4 is 9.80 Å². The average Bonchev–Trinajstić information content (AvgIpc) is 2.64. The highest BCUT2D eigenvalue weighted by Crippen LogP contribution is 2.51. The number of aryl methyl sites for hydroxylation is 2. The topological polar surface area (TPSA) is 6.48 Å². The molecule has 124 valence electrons. The number of hydrogen-bond acceptors (Lipinski definition) is 2. The van der Waals surface area contributed by atoms with E-state index in [0.29, 0.717) is 0 Å². The van der Waals surface area contributed by atoms with Gasteiger partial charge in [-0.15, -0.1) is 0 Å². The third kappa shape index (κ3) is 2.33. The molecule has 0 saturated carbocycles. The third-order valence-corrected chi connectivity index (χ3v) is 5.01. The minimum atomic E-state index is 1.19. The summed E-state index contributed by atoms with van der Waals surface area (Å²) >= 11 is 0. The van der Waals surface area contributed by atoms with E-state index in [2.05, 4.69) is 97.9 Å². The van der Waals surface area contributed by atoms with E-state index in [1.54, 1.807) is 0 Å². The Morgan fingerprint density at radius 1 is 0.720 bits per heavy atom. The van der Waals surface area contributed by atoms with E-state index < -0.39 is 0 Å². The smallest absolute Gasteiger partial charge is 0.0699 e. The molecule has 1 aliphatic heterocycles. The van der Waals surface area contributed by atoms with Gasteiger partial charge in [0.05, 0.1) is 22.7 Å². The third-order valence-electron chi connectivity index (χ3n) is 5.01. The lowest BCUT2D eigenvalue weighted by Crippen LogP contribution is -2.24. The molecule has 2 heteroatoms. The number of benzene rings is 3. The van der Waals surface area contributed by atoms with E-state index in [-0.39, 0.29) is 0 Å². The molecule has 0 N–H and O–H groups in total. The van der Waals surface area contributed by atoms with Crippen molar-refractivity contribution < 1.29 is 0 Å². The van der Waals surface area contributed by atoms with Crippen LogP contribution in [0.15, 0.2) is 67.2 Å². The van der Waals surface area contributed by atoms with Crippen molar-refractivity contribution in [1.82, 2.24) is 0 Å². The second-order valence-electron chi connectivity index (χ2n) is 6.57. The van der Waals surface area contributed by atoms with E-state index in [1.807, 2.05) is 6.08 Å². The fourth-order valence-electron chi connectivity index (χ4n) is 3.68. The molecule has 0 aromatic heterocycles. The minimum Gasteiger partial charge on any atom is -0.341 e. The molecule has 4 rings (SSSR count). The van der Waals surface area contributed by atoms with Gasteiger partial charge in [0.25, 0.3) is 0 Å². The number of rotatable bonds is 2. The second kappa shape index (κ2) is 5.82. The summed E-state index contributed by atoms with van der Waals surface area (Å²) in [4.78, 5) is 4.64. The summed E-state index contributed by atoms with van der Waals surface area (Å²) in [6, 6.07) is 21.6. The first-order chi connectivity index (χ1) is 12.1. The summed E-state index contributed by atoms with van der Waals surface area (Å²) in [5.41, 5.74) is 9.74. The Morgan fingerprint density at radius 2 is 1.24 bits per heavy atom. The van der Waals surface area contributed by atoms with Crippen LogP contribution in [0.25, 0.3) is 6.08 Å². The lowest BCUT2D eigenvalue weighted by atomic mass is 10.00. The maximum absolute atomic E-state index is 3.94. The van der Waals surface area contributed by atoms with Crippen molar-refractivity contribution >= 4 is 34.5 Å². The molecule has 0 amide bonds. The lowest BCUT2D eigenvalue weighted by molar-refractivity contribution is 1.12. The summed E-state index contributed by atoms with van der Waals surface area (Å²) in [6.07, 6.45) is 1.93. The molecule has 0 unspecified atom stereocenters. The molecule has 0 atom stereocenters. The van der Waals surface area contributed by atoms with Gasteiger partial charge in [-0.25, -0.2) is 0 Å². The van der Waals surface area contributed by atoms with E-state index >= 15 is 0 Å². The number of nitrogens with zero attached hydrogens (tertiary/aromatic N) is 2. The predicted octanol–water partition coefficient (Wildman–Crippen LogP) is 6.50. The van der Waals surface area contributed by atoms with Crippen LogP contribution in [0.2, 0.25) is 0 Å². The Labute approximate surface area is 149 Å². The molecule has 3 aromatic rings. The van der Waals surface area contributed by atoms with Crippen LogP contribution in [-0.4, -0.2) is 7.05 Å². The molecule has 1 aliphatic rings. The molecule has 25 heavy (non-hydrogen) atoms. The van der Waals surface area contributed by atoms with Gasteiger partial charge >= 0.3 is 0 Å². The van der Waals surface area contributed by atoms with Crippen LogP contribution in [0, 0.1) is 13.8 Å². The molecular weight excluding hydrogens is 304 g/mol. The fraction of sp³-hybridized carbons (Fsp3) is 0.130. The zero-order valence-electron chi connectivity index (χ0n) is 15.0. The van der Waals surface area contributed by atoms with Gasteiger partial charge in [-0.1, -0.05) is 36.9 Å². The molecule has 0 radical (unpaired) electrons. The van der Waals surface area contributed by atoms with E-state index in [9.17, 15) is 0 Å². The number of para-hydroxylation sites is 4.